The Balaban J connectivity index is 2.06. The van der Waals surface area contributed by atoms with Crippen LogP contribution in [-0.2, 0) is 0 Å². The summed E-state index contributed by atoms with van der Waals surface area (Å²) < 4.78 is 0. The molecule has 1 aliphatic heterocycles. The molecule has 0 radical (unpaired) electrons. The summed E-state index contributed by atoms with van der Waals surface area (Å²) in [5, 5.41) is 16.3. The molecule has 19 heavy (non-hydrogen) atoms. The number of amides is 2. The minimum absolute atomic E-state index is 0.252. The Hall–Kier alpha value is -1.01. The van der Waals surface area contributed by atoms with E-state index in [1.807, 2.05) is 0 Å². The third kappa shape index (κ3) is 3.30. The molecule has 104 valence electrons. The molecule has 1 saturated heterocycles. The molecule has 3 N–H and O–H groups in total. The second-order valence-corrected chi connectivity index (χ2v) is 5.30. The zero-order chi connectivity index (χ0) is 14.0. The van der Waals surface area contributed by atoms with Gasteiger partial charge in [0.15, 0.2) is 0 Å². The molecule has 1 aromatic rings. The van der Waals surface area contributed by atoms with Gasteiger partial charge in [-0.3, -0.25) is 0 Å². The smallest absolute Gasteiger partial charge is 0.322 e. The number of halogens is 2. The topological polar surface area (TPSA) is 64.6 Å². The third-order valence-electron chi connectivity index (χ3n) is 3.14. The standard InChI is InChI=1S/C12H15Cl2N3O2/c1-17(10-5-15-6-11(10)18)12(19)16-9-4-7(13)2-3-8(9)14/h2-4,10-11,15,18H,5-6H2,1H3,(H,16,19)/t10-,11-/m1/s1. The van der Waals surface area contributed by atoms with E-state index < -0.39 is 6.10 Å². The summed E-state index contributed by atoms with van der Waals surface area (Å²) in [5.74, 6) is 0. The first-order chi connectivity index (χ1) is 8.99. The Morgan fingerprint density at radius 1 is 1.47 bits per heavy atom. The van der Waals surface area contributed by atoms with Gasteiger partial charge in [-0.1, -0.05) is 23.2 Å². The Morgan fingerprint density at radius 3 is 2.84 bits per heavy atom. The van der Waals surface area contributed by atoms with Crippen LogP contribution in [0.25, 0.3) is 0 Å². The number of carbonyl (C=O) groups is 1. The molecule has 1 aliphatic rings. The van der Waals surface area contributed by atoms with Crippen LogP contribution in [0.4, 0.5) is 10.5 Å². The minimum Gasteiger partial charge on any atom is -0.390 e. The largest absolute Gasteiger partial charge is 0.390 e. The van der Waals surface area contributed by atoms with Crippen molar-refractivity contribution in [3.63, 3.8) is 0 Å². The number of urea groups is 1. The third-order valence-corrected chi connectivity index (χ3v) is 3.70. The van der Waals surface area contributed by atoms with Crippen LogP contribution in [0.5, 0.6) is 0 Å². The van der Waals surface area contributed by atoms with E-state index in [-0.39, 0.29) is 12.1 Å². The lowest BCUT2D eigenvalue weighted by atomic mass is 10.2. The zero-order valence-corrected chi connectivity index (χ0v) is 11.9. The van der Waals surface area contributed by atoms with E-state index >= 15 is 0 Å². The fourth-order valence-electron chi connectivity index (χ4n) is 1.99. The molecule has 0 unspecified atom stereocenters. The van der Waals surface area contributed by atoms with E-state index in [9.17, 15) is 9.90 Å². The van der Waals surface area contributed by atoms with Crippen molar-refractivity contribution in [3.05, 3.63) is 28.2 Å². The van der Waals surface area contributed by atoms with Crippen LogP contribution < -0.4 is 10.6 Å². The molecular formula is C12H15Cl2N3O2. The molecule has 0 saturated carbocycles. The molecule has 7 heteroatoms. The highest BCUT2D eigenvalue weighted by Gasteiger charge is 2.31. The van der Waals surface area contributed by atoms with Crippen molar-refractivity contribution in [2.75, 3.05) is 25.5 Å². The summed E-state index contributed by atoms with van der Waals surface area (Å²) in [6, 6.07) is 4.26. The summed E-state index contributed by atoms with van der Waals surface area (Å²) in [7, 11) is 1.63. The maximum absolute atomic E-state index is 12.1. The van der Waals surface area contributed by atoms with Gasteiger partial charge in [0.1, 0.15) is 0 Å². The van der Waals surface area contributed by atoms with Crippen LogP contribution in [-0.4, -0.2) is 48.3 Å². The molecular weight excluding hydrogens is 289 g/mol. The Labute approximate surface area is 121 Å². The molecule has 0 spiro atoms. The Morgan fingerprint density at radius 2 is 2.21 bits per heavy atom. The molecule has 2 rings (SSSR count). The molecule has 0 aliphatic carbocycles. The molecule has 0 bridgehead atoms. The van der Waals surface area contributed by atoms with Gasteiger partial charge in [-0.15, -0.1) is 0 Å². The van der Waals surface area contributed by atoms with Crippen molar-refractivity contribution >= 4 is 34.9 Å². The maximum atomic E-state index is 12.1. The van der Waals surface area contributed by atoms with Crippen molar-refractivity contribution in [1.29, 1.82) is 0 Å². The van der Waals surface area contributed by atoms with Gasteiger partial charge in [0.2, 0.25) is 0 Å². The van der Waals surface area contributed by atoms with Crippen LogP contribution in [0.3, 0.4) is 0 Å². The van der Waals surface area contributed by atoms with Crippen LogP contribution in [0.2, 0.25) is 10.0 Å². The highest BCUT2D eigenvalue weighted by Crippen LogP contribution is 2.25. The van der Waals surface area contributed by atoms with E-state index in [2.05, 4.69) is 10.6 Å². The van der Waals surface area contributed by atoms with Crippen LogP contribution in [0.1, 0.15) is 0 Å². The van der Waals surface area contributed by atoms with Crippen molar-refractivity contribution in [3.8, 4) is 0 Å². The van der Waals surface area contributed by atoms with Crippen LogP contribution in [0, 0.1) is 0 Å². The number of likely N-dealkylation sites (N-methyl/N-ethyl adjacent to an activating group) is 1. The summed E-state index contributed by atoms with van der Waals surface area (Å²) in [5.41, 5.74) is 0.450. The first-order valence-corrected chi connectivity index (χ1v) is 6.62. The van der Waals surface area contributed by atoms with E-state index in [0.717, 1.165) is 0 Å². The molecule has 0 aromatic heterocycles. The molecule has 2 atom stereocenters. The van der Waals surface area contributed by atoms with E-state index in [1.165, 1.54) is 4.90 Å². The zero-order valence-electron chi connectivity index (χ0n) is 10.4. The van der Waals surface area contributed by atoms with Crippen molar-refractivity contribution in [2.45, 2.75) is 12.1 Å². The van der Waals surface area contributed by atoms with Crippen molar-refractivity contribution < 1.29 is 9.90 Å². The average molecular weight is 304 g/mol. The highest BCUT2D eigenvalue weighted by atomic mass is 35.5. The number of nitrogens with one attached hydrogen (secondary N) is 2. The second kappa shape index (κ2) is 5.96. The van der Waals surface area contributed by atoms with Crippen molar-refractivity contribution in [1.82, 2.24) is 10.2 Å². The Kier molecular flexibility index (Phi) is 4.52. The predicted octanol–water partition coefficient (Wildman–Crippen LogP) is 1.79. The number of nitrogens with zero attached hydrogens (tertiary/aromatic N) is 1. The van der Waals surface area contributed by atoms with Gasteiger partial charge in [0.05, 0.1) is 22.9 Å². The van der Waals surface area contributed by atoms with Gasteiger partial charge < -0.3 is 20.6 Å². The molecule has 2 amide bonds. The quantitative estimate of drug-likeness (QED) is 0.780. The number of aliphatic hydroxyl groups is 1. The first kappa shape index (κ1) is 14.4. The van der Waals surface area contributed by atoms with Gasteiger partial charge in [0, 0.05) is 25.2 Å². The lowest BCUT2D eigenvalue weighted by Crippen LogP contribution is -2.46. The lowest BCUT2D eigenvalue weighted by Gasteiger charge is -2.26. The lowest BCUT2D eigenvalue weighted by molar-refractivity contribution is 0.115. The fraction of sp³-hybridized carbons (Fsp3) is 0.417. The average Bonchev–Trinajstić information content (AvgIpc) is 2.79. The van der Waals surface area contributed by atoms with Crippen molar-refractivity contribution in [2.24, 2.45) is 0 Å². The molecule has 1 heterocycles. The highest BCUT2D eigenvalue weighted by molar-refractivity contribution is 6.35. The number of hydrogen-bond acceptors (Lipinski definition) is 3. The van der Waals surface area contributed by atoms with Crippen LogP contribution >= 0.6 is 23.2 Å². The summed E-state index contributed by atoms with van der Waals surface area (Å²) in [6.45, 7) is 1.05. The summed E-state index contributed by atoms with van der Waals surface area (Å²) in [6.07, 6.45) is -0.564. The first-order valence-electron chi connectivity index (χ1n) is 5.86. The predicted molar refractivity (Wildman–Crippen MR) is 75.9 cm³/mol. The van der Waals surface area contributed by atoms with E-state index in [0.29, 0.717) is 28.8 Å². The van der Waals surface area contributed by atoms with Gasteiger partial charge in [-0.2, -0.15) is 0 Å². The number of carbonyl (C=O) groups excluding carboxylic acids is 1. The maximum Gasteiger partial charge on any atom is 0.322 e. The minimum atomic E-state index is -0.564. The van der Waals surface area contributed by atoms with Gasteiger partial charge >= 0.3 is 6.03 Å². The molecule has 1 fully saturated rings. The number of hydrogen-bond donors (Lipinski definition) is 3. The van der Waals surface area contributed by atoms with E-state index in [1.54, 1.807) is 25.2 Å². The number of benzene rings is 1. The number of anilines is 1. The van der Waals surface area contributed by atoms with E-state index in [4.69, 9.17) is 23.2 Å². The summed E-state index contributed by atoms with van der Waals surface area (Å²) in [4.78, 5) is 13.5. The SMILES string of the molecule is CN(C(=O)Nc1cc(Cl)ccc1Cl)[C@@H]1CNC[C@H]1O. The number of β-amino-alcohol motifs (C(OH)–C–C–N with tert-alkyl or cyclic N) is 1. The fourth-order valence-corrected chi connectivity index (χ4v) is 2.33. The van der Waals surface area contributed by atoms with Gasteiger partial charge in [0.25, 0.3) is 0 Å². The Bertz CT molecular complexity index is 484. The normalized spacial score (nSPS) is 22.3. The molecule has 5 nitrogen and oxygen atoms in total. The second-order valence-electron chi connectivity index (χ2n) is 4.46. The monoisotopic (exact) mass is 303 g/mol. The van der Waals surface area contributed by atoms with Crippen LogP contribution in [0.15, 0.2) is 18.2 Å². The van der Waals surface area contributed by atoms with Gasteiger partial charge in [-0.05, 0) is 18.2 Å². The molecule has 1 aromatic carbocycles. The number of aliphatic hydroxyl groups excluding tert-OH is 1. The number of rotatable bonds is 2. The van der Waals surface area contributed by atoms with Gasteiger partial charge in [-0.25, -0.2) is 4.79 Å². The summed E-state index contributed by atoms with van der Waals surface area (Å²) >= 11 is 11.8.